The molecule has 260 valence electrons. The molecule has 0 bridgehead atoms. The standard InChI is InChI=1S/C48H37BN2O2S/c1-47(2)48(3,4)53-49(52-47)45-36(21-15-26-43(45)51-41-24-12-7-18-33(41)34-19-8-13-25-42(34)51)38-29-30(28-37-35-20-9-14-27-44(35)54-46(37)38)50-39-22-10-5-16-31(39)32-17-6-11-23-40(32)50/h5-29H,1-4H3. The Morgan fingerprint density at radius 2 is 0.944 bits per heavy atom. The van der Waals surface area contributed by atoms with Gasteiger partial charge in [0.25, 0.3) is 0 Å². The third-order valence-electron chi connectivity index (χ3n) is 12.0. The van der Waals surface area contributed by atoms with Crippen LogP contribution >= 0.6 is 11.3 Å². The summed E-state index contributed by atoms with van der Waals surface area (Å²) in [6.07, 6.45) is 0. The van der Waals surface area contributed by atoms with Crippen molar-refractivity contribution in [3.63, 3.8) is 0 Å². The van der Waals surface area contributed by atoms with Crippen molar-refractivity contribution in [3.8, 4) is 22.5 Å². The molecule has 0 saturated carbocycles. The molecular formula is C48H37BN2O2S. The number of para-hydroxylation sites is 4. The fraction of sp³-hybridized carbons (Fsp3) is 0.125. The van der Waals surface area contributed by atoms with Gasteiger partial charge in [-0.1, -0.05) is 103 Å². The predicted octanol–water partition coefficient (Wildman–Crippen LogP) is 12.2. The highest BCUT2D eigenvalue weighted by Gasteiger charge is 2.53. The van der Waals surface area contributed by atoms with Crippen LogP contribution in [0.5, 0.6) is 0 Å². The zero-order valence-electron chi connectivity index (χ0n) is 30.6. The summed E-state index contributed by atoms with van der Waals surface area (Å²) < 4.78 is 21.4. The van der Waals surface area contributed by atoms with Gasteiger partial charge in [-0.05, 0) is 81.8 Å². The van der Waals surface area contributed by atoms with Crippen LogP contribution in [0.4, 0.5) is 0 Å². The Balaban J connectivity index is 1.28. The Kier molecular flexibility index (Phi) is 6.74. The van der Waals surface area contributed by atoms with Gasteiger partial charge in [0, 0.05) is 64.1 Å². The fourth-order valence-electron chi connectivity index (χ4n) is 8.72. The maximum absolute atomic E-state index is 7.03. The molecule has 11 rings (SSSR count). The van der Waals surface area contributed by atoms with Crippen molar-refractivity contribution in [2.75, 3.05) is 0 Å². The molecule has 10 aromatic rings. The van der Waals surface area contributed by atoms with Crippen LogP contribution in [0.1, 0.15) is 27.7 Å². The summed E-state index contributed by atoms with van der Waals surface area (Å²) >= 11 is 1.86. The van der Waals surface area contributed by atoms with Crippen molar-refractivity contribution in [3.05, 3.63) is 152 Å². The number of fused-ring (bicyclic) bond motifs is 9. The minimum absolute atomic E-state index is 0.527. The first kappa shape index (κ1) is 31.8. The zero-order valence-corrected chi connectivity index (χ0v) is 31.4. The summed E-state index contributed by atoms with van der Waals surface area (Å²) in [4.78, 5) is 0. The number of nitrogens with zero attached hydrogens (tertiary/aromatic N) is 2. The van der Waals surface area contributed by atoms with E-state index in [0.29, 0.717) is 0 Å². The average molecular weight is 717 g/mol. The van der Waals surface area contributed by atoms with Gasteiger partial charge in [-0.2, -0.15) is 0 Å². The minimum Gasteiger partial charge on any atom is -0.399 e. The molecule has 0 amide bonds. The molecule has 0 unspecified atom stereocenters. The van der Waals surface area contributed by atoms with Crippen molar-refractivity contribution >= 4 is 87.7 Å². The zero-order chi connectivity index (χ0) is 36.3. The van der Waals surface area contributed by atoms with Crippen molar-refractivity contribution in [2.24, 2.45) is 0 Å². The molecule has 4 nitrogen and oxygen atoms in total. The summed E-state index contributed by atoms with van der Waals surface area (Å²) in [5, 5.41) is 7.44. The molecule has 4 heterocycles. The van der Waals surface area contributed by atoms with E-state index in [0.717, 1.165) is 39.0 Å². The fourth-order valence-corrected chi connectivity index (χ4v) is 9.93. The maximum Gasteiger partial charge on any atom is 0.497 e. The largest absolute Gasteiger partial charge is 0.497 e. The Bertz CT molecular complexity index is 3020. The summed E-state index contributed by atoms with van der Waals surface area (Å²) in [5.41, 5.74) is 9.11. The van der Waals surface area contributed by atoms with Gasteiger partial charge in [0.2, 0.25) is 0 Å². The highest BCUT2D eigenvalue weighted by atomic mass is 32.1. The van der Waals surface area contributed by atoms with E-state index in [4.69, 9.17) is 9.31 Å². The van der Waals surface area contributed by atoms with E-state index >= 15 is 0 Å². The van der Waals surface area contributed by atoms with Gasteiger partial charge < -0.3 is 18.4 Å². The lowest BCUT2D eigenvalue weighted by molar-refractivity contribution is 0.00578. The number of benzene rings is 7. The second-order valence-electron chi connectivity index (χ2n) is 15.5. The van der Waals surface area contributed by atoms with Crippen LogP contribution in [0.15, 0.2) is 152 Å². The van der Waals surface area contributed by atoms with E-state index in [9.17, 15) is 0 Å². The first-order chi connectivity index (χ1) is 26.3. The first-order valence-electron chi connectivity index (χ1n) is 18.7. The molecule has 0 radical (unpaired) electrons. The van der Waals surface area contributed by atoms with Crippen molar-refractivity contribution in [1.29, 1.82) is 0 Å². The lowest BCUT2D eigenvalue weighted by Gasteiger charge is -2.32. The van der Waals surface area contributed by atoms with Crippen LogP contribution in [-0.2, 0) is 9.31 Å². The average Bonchev–Trinajstić information content (AvgIpc) is 3.89. The third kappa shape index (κ3) is 4.45. The van der Waals surface area contributed by atoms with E-state index < -0.39 is 18.3 Å². The van der Waals surface area contributed by atoms with Crippen LogP contribution < -0.4 is 5.46 Å². The highest BCUT2D eigenvalue weighted by molar-refractivity contribution is 7.26. The van der Waals surface area contributed by atoms with Crippen LogP contribution in [0.25, 0.3) is 86.3 Å². The predicted molar refractivity (Wildman–Crippen MR) is 229 cm³/mol. The number of rotatable bonds is 4. The van der Waals surface area contributed by atoms with E-state index in [1.54, 1.807) is 0 Å². The molecule has 0 atom stereocenters. The summed E-state index contributed by atoms with van der Waals surface area (Å²) in [6, 6.07) is 55.2. The van der Waals surface area contributed by atoms with E-state index in [-0.39, 0.29) is 0 Å². The summed E-state index contributed by atoms with van der Waals surface area (Å²) in [7, 11) is -0.609. The molecule has 0 aliphatic carbocycles. The van der Waals surface area contributed by atoms with E-state index in [1.807, 2.05) is 11.3 Å². The first-order valence-corrected chi connectivity index (χ1v) is 19.5. The van der Waals surface area contributed by atoms with Gasteiger partial charge in [-0.15, -0.1) is 11.3 Å². The minimum atomic E-state index is -0.609. The second-order valence-corrected chi connectivity index (χ2v) is 16.6. The smallest absolute Gasteiger partial charge is 0.399 e. The Hall–Kier alpha value is -5.66. The third-order valence-corrected chi connectivity index (χ3v) is 13.2. The Labute approximate surface area is 317 Å². The normalized spacial score (nSPS) is 15.5. The molecular weight excluding hydrogens is 679 g/mol. The van der Waals surface area contributed by atoms with Gasteiger partial charge in [0.15, 0.2) is 0 Å². The van der Waals surface area contributed by atoms with Crippen molar-refractivity contribution in [1.82, 2.24) is 9.13 Å². The molecule has 7 aromatic carbocycles. The number of aromatic nitrogens is 2. The molecule has 1 aliphatic rings. The SMILES string of the molecule is CC1(C)OB(c2c(-c3cc(-n4c5ccccc5c5ccccc54)cc4c3sc3ccccc34)cccc2-n2c3ccccc3c3ccccc32)OC1(C)C. The maximum atomic E-state index is 7.03. The second kappa shape index (κ2) is 11.4. The molecule has 54 heavy (non-hydrogen) atoms. The number of thiophene rings is 1. The molecule has 1 fully saturated rings. The summed E-state index contributed by atoms with van der Waals surface area (Å²) in [6.45, 7) is 8.57. The van der Waals surface area contributed by atoms with Crippen LogP contribution in [0, 0.1) is 0 Å². The molecule has 6 heteroatoms. The molecule has 0 N–H and O–H groups in total. The van der Waals surface area contributed by atoms with Gasteiger partial charge in [-0.25, -0.2) is 0 Å². The molecule has 3 aromatic heterocycles. The van der Waals surface area contributed by atoms with Crippen molar-refractivity contribution in [2.45, 2.75) is 38.9 Å². The Morgan fingerprint density at radius 1 is 0.463 bits per heavy atom. The Morgan fingerprint density at radius 3 is 1.50 bits per heavy atom. The monoisotopic (exact) mass is 716 g/mol. The van der Waals surface area contributed by atoms with Crippen LogP contribution in [-0.4, -0.2) is 27.5 Å². The van der Waals surface area contributed by atoms with Gasteiger partial charge in [0.1, 0.15) is 0 Å². The molecule has 1 aliphatic heterocycles. The van der Waals surface area contributed by atoms with E-state index in [2.05, 4.69) is 188 Å². The van der Waals surface area contributed by atoms with Crippen LogP contribution in [0.2, 0.25) is 0 Å². The van der Waals surface area contributed by atoms with Gasteiger partial charge in [0.05, 0.1) is 33.3 Å². The van der Waals surface area contributed by atoms with Gasteiger partial charge in [-0.3, -0.25) is 0 Å². The quantitative estimate of drug-likeness (QED) is 0.170. The van der Waals surface area contributed by atoms with Crippen molar-refractivity contribution < 1.29 is 9.31 Å². The van der Waals surface area contributed by atoms with E-state index in [1.165, 1.54) is 52.8 Å². The molecule has 1 saturated heterocycles. The number of hydrogen-bond donors (Lipinski definition) is 0. The lowest BCUT2D eigenvalue weighted by atomic mass is 9.72. The summed E-state index contributed by atoms with van der Waals surface area (Å²) in [5.74, 6) is 0. The number of hydrogen-bond acceptors (Lipinski definition) is 3. The lowest BCUT2D eigenvalue weighted by Crippen LogP contribution is -2.41. The highest BCUT2D eigenvalue weighted by Crippen LogP contribution is 2.45. The molecule has 0 spiro atoms. The topological polar surface area (TPSA) is 28.3 Å². The van der Waals surface area contributed by atoms with Gasteiger partial charge >= 0.3 is 7.12 Å². The van der Waals surface area contributed by atoms with Crippen LogP contribution in [0.3, 0.4) is 0 Å².